The first-order chi connectivity index (χ1) is 8.83. The third-order valence-electron chi connectivity index (χ3n) is 6.02. The van der Waals surface area contributed by atoms with Gasteiger partial charge in [0.25, 0.3) is 0 Å². The van der Waals surface area contributed by atoms with Crippen molar-refractivity contribution in [1.29, 1.82) is 0 Å². The van der Waals surface area contributed by atoms with Crippen LogP contribution in [0.3, 0.4) is 0 Å². The second-order valence-electron chi connectivity index (χ2n) is 7.10. The van der Waals surface area contributed by atoms with E-state index in [0.717, 1.165) is 6.42 Å². The molecule has 0 radical (unpaired) electrons. The Balaban J connectivity index is 1.98. The fraction of sp³-hybridized carbons (Fsp3) is 0.933. The molecule has 0 amide bonds. The van der Waals surface area contributed by atoms with Gasteiger partial charge in [0.05, 0.1) is 17.6 Å². The van der Waals surface area contributed by atoms with Crippen LogP contribution < -0.4 is 0 Å². The maximum absolute atomic E-state index is 11.8. The molecule has 0 aromatic carbocycles. The Hall–Kier alpha value is -0.610. The topological polar surface area (TPSA) is 66.8 Å². The van der Waals surface area contributed by atoms with Crippen LogP contribution >= 0.6 is 0 Å². The Morgan fingerprint density at radius 2 is 2.05 bits per heavy atom. The molecule has 0 spiro atoms. The van der Waals surface area contributed by atoms with Crippen LogP contribution in [0, 0.1) is 29.6 Å². The quantitative estimate of drug-likeness (QED) is 0.651. The zero-order chi connectivity index (χ0) is 13.9. The van der Waals surface area contributed by atoms with E-state index in [9.17, 15) is 15.0 Å². The van der Waals surface area contributed by atoms with E-state index in [1.807, 2.05) is 20.8 Å². The third-order valence-corrected chi connectivity index (χ3v) is 6.02. The average molecular weight is 268 g/mol. The number of hydrogen-bond acceptors (Lipinski definition) is 4. The van der Waals surface area contributed by atoms with E-state index in [2.05, 4.69) is 0 Å². The minimum Gasteiger partial charge on any atom is -0.462 e. The van der Waals surface area contributed by atoms with Gasteiger partial charge in [0, 0.05) is 11.8 Å². The fourth-order valence-corrected chi connectivity index (χ4v) is 4.66. The molecule has 2 aliphatic carbocycles. The number of carbonyl (C=O) groups is 1. The number of esters is 1. The van der Waals surface area contributed by atoms with Crippen LogP contribution in [-0.2, 0) is 9.53 Å². The largest absolute Gasteiger partial charge is 0.462 e. The van der Waals surface area contributed by atoms with Crippen LogP contribution in [0.1, 0.15) is 40.0 Å². The van der Waals surface area contributed by atoms with Crippen molar-refractivity contribution in [2.45, 2.75) is 57.8 Å². The van der Waals surface area contributed by atoms with Gasteiger partial charge in [-0.1, -0.05) is 13.8 Å². The number of aliphatic hydroxyl groups excluding tert-OH is 1. The van der Waals surface area contributed by atoms with Gasteiger partial charge in [-0.2, -0.15) is 0 Å². The maximum Gasteiger partial charge on any atom is 0.309 e. The van der Waals surface area contributed by atoms with Gasteiger partial charge >= 0.3 is 5.97 Å². The molecule has 8 atom stereocenters. The van der Waals surface area contributed by atoms with E-state index >= 15 is 0 Å². The highest BCUT2D eigenvalue weighted by molar-refractivity contribution is 5.75. The highest BCUT2D eigenvalue weighted by atomic mass is 16.6. The van der Waals surface area contributed by atoms with Crippen LogP contribution in [0.2, 0.25) is 0 Å². The first kappa shape index (κ1) is 13.4. The minimum absolute atomic E-state index is 0.0330. The Morgan fingerprint density at radius 1 is 1.37 bits per heavy atom. The van der Waals surface area contributed by atoms with Crippen LogP contribution in [0.15, 0.2) is 0 Å². The van der Waals surface area contributed by atoms with E-state index in [-0.39, 0.29) is 41.7 Å². The number of ether oxygens (including phenoxy) is 1. The zero-order valence-electron chi connectivity index (χ0n) is 11.9. The van der Waals surface area contributed by atoms with Gasteiger partial charge in [0.15, 0.2) is 0 Å². The van der Waals surface area contributed by atoms with Gasteiger partial charge in [-0.15, -0.1) is 0 Å². The average Bonchev–Trinajstić information content (AvgIpc) is 2.74. The molecule has 2 saturated carbocycles. The number of carbonyl (C=O) groups excluding carboxylic acids is 1. The molecular formula is C15H24O4. The van der Waals surface area contributed by atoms with Crippen LogP contribution in [-0.4, -0.2) is 34.0 Å². The SMILES string of the molecule is C[C@H]1[C@@H]2[C@H]3OC(=O)[C@@H](C)[C@@H]3CC[C@@](C)(O)[C@@H]2C[C@@H]1O. The molecule has 3 aliphatic rings. The Kier molecular flexibility index (Phi) is 2.95. The third kappa shape index (κ3) is 1.83. The minimum atomic E-state index is -0.757. The highest BCUT2D eigenvalue weighted by Crippen LogP contribution is 2.54. The normalized spacial score (nSPS) is 57.3. The zero-order valence-corrected chi connectivity index (χ0v) is 11.9. The highest BCUT2D eigenvalue weighted by Gasteiger charge is 2.59. The predicted molar refractivity (Wildman–Crippen MR) is 69.2 cm³/mol. The molecule has 4 heteroatoms. The molecule has 3 fully saturated rings. The summed E-state index contributed by atoms with van der Waals surface area (Å²) in [4.78, 5) is 11.8. The van der Waals surface area contributed by atoms with Crippen molar-refractivity contribution >= 4 is 5.97 Å². The number of fused-ring (bicyclic) bond motifs is 3. The fourth-order valence-electron chi connectivity index (χ4n) is 4.66. The van der Waals surface area contributed by atoms with Crippen LogP contribution in [0.25, 0.3) is 0 Å². The van der Waals surface area contributed by atoms with Crippen molar-refractivity contribution in [2.75, 3.05) is 0 Å². The molecule has 0 bridgehead atoms. The molecule has 1 heterocycles. The molecule has 2 N–H and O–H groups in total. The van der Waals surface area contributed by atoms with Crippen molar-refractivity contribution in [3.05, 3.63) is 0 Å². The predicted octanol–water partition coefficient (Wildman–Crippen LogP) is 1.34. The Morgan fingerprint density at radius 3 is 2.74 bits per heavy atom. The molecule has 0 aromatic rings. The van der Waals surface area contributed by atoms with Crippen molar-refractivity contribution in [2.24, 2.45) is 29.6 Å². The summed E-state index contributed by atoms with van der Waals surface area (Å²) >= 11 is 0. The lowest BCUT2D eigenvalue weighted by atomic mass is 9.76. The van der Waals surface area contributed by atoms with Crippen molar-refractivity contribution in [3.8, 4) is 0 Å². The first-order valence-corrected chi connectivity index (χ1v) is 7.44. The van der Waals surface area contributed by atoms with E-state index < -0.39 is 11.7 Å². The molecule has 1 aliphatic heterocycles. The van der Waals surface area contributed by atoms with E-state index in [1.165, 1.54) is 0 Å². The smallest absolute Gasteiger partial charge is 0.309 e. The summed E-state index contributed by atoms with van der Waals surface area (Å²) in [6, 6.07) is 0. The van der Waals surface area contributed by atoms with E-state index in [0.29, 0.717) is 12.8 Å². The summed E-state index contributed by atoms with van der Waals surface area (Å²) in [5.41, 5.74) is -0.757. The molecule has 3 rings (SSSR count). The lowest BCUT2D eigenvalue weighted by Crippen LogP contribution is -2.40. The molecule has 108 valence electrons. The van der Waals surface area contributed by atoms with Crippen LogP contribution in [0.5, 0.6) is 0 Å². The summed E-state index contributed by atoms with van der Waals surface area (Å²) in [5.74, 6) is 0.215. The number of aliphatic hydroxyl groups is 2. The van der Waals surface area contributed by atoms with Gasteiger partial charge in [-0.05, 0) is 38.0 Å². The van der Waals surface area contributed by atoms with Gasteiger partial charge in [-0.25, -0.2) is 0 Å². The van der Waals surface area contributed by atoms with Gasteiger partial charge in [0.1, 0.15) is 6.10 Å². The molecular weight excluding hydrogens is 244 g/mol. The first-order valence-electron chi connectivity index (χ1n) is 7.44. The second kappa shape index (κ2) is 4.19. The molecule has 0 aromatic heterocycles. The molecule has 19 heavy (non-hydrogen) atoms. The molecule has 0 unspecified atom stereocenters. The van der Waals surface area contributed by atoms with Crippen LogP contribution in [0.4, 0.5) is 0 Å². The van der Waals surface area contributed by atoms with Gasteiger partial charge < -0.3 is 14.9 Å². The number of rotatable bonds is 0. The summed E-state index contributed by atoms with van der Waals surface area (Å²) < 4.78 is 5.62. The molecule has 4 nitrogen and oxygen atoms in total. The van der Waals surface area contributed by atoms with E-state index in [4.69, 9.17) is 4.74 Å². The van der Waals surface area contributed by atoms with Gasteiger partial charge in [-0.3, -0.25) is 4.79 Å². The van der Waals surface area contributed by atoms with Crippen molar-refractivity contribution in [3.63, 3.8) is 0 Å². The summed E-state index contributed by atoms with van der Waals surface area (Å²) in [7, 11) is 0. The van der Waals surface area contributed by atoms with E-state index in [1.54, 1.807) is 0 Å². The summed E-state index contributed by atoms with van der Waals surface area (Å²) in [5, 5.41) is 20.9. The van der Waals surface area contributed by atoms with Crippen molar-refractivity contribution in [1.82, 2.24) is 0 Å². The number of hydrogen-bond donors (Lipinski definition) is 2. The maximum atomic E-state index is 11.8. The van der Waals surface area contributed by atoms with Gasteiger partial charge in [0.2, 0.25) is 0 Å². The molecule has 1 saturated heterocycles. The lowest BCUT2D eigenvalue weighted by Gasteiger charge is -2.34. The summed E-state index contributed by atoms with van der Waals surface area (Å²) in [6.07, 6.45) is 1.63. The lowest BCUT2D eigenvalue weighted by molar-refractivity contribution is -0.148. The monoisotopic (exact) mass is 268 g/mol. The summed E-state index contributed by atoms with van der Waals surface area (Å²) in [6.45, 7) is 5.83. The Labute approximate surface area is 114 Å². The Bertz CT molecular complexity index is 392. The standard InChI is InChI=1S/C15H24O4/c1-7-9-4-5-15(3,18)10-6-11(16)8(2)12(10)13(9)19-14(7)17/h7-13,16,18H,4-6H2,1-3H3/t7-,8+,9-,10+,11-,12-,13-,15+/m0/s1. The second-order valence-corrected chi connectivity index (χ2v) is 7.10. The van der Waals surface area contributed by atoms with Crippen molar-refractivity contribution < 1.29 is 19.7 Å².